The van der Waals surface area contributed by atoms with Gasteiger partial charge in [-0.25, -0.2) is 9.59 Å². The summed E-state index contributed by atoms with van der Waals surface area (Å²) in [6.45, 7) is -0.328. The summed E-state index contributed by atoms with van der Waals surface area (Å²) in [4.78, 5) is 22.6. The molecule has 0 atom stereocenters. The van der Waals surface area contributed by atoms with Gasteiger partial charge in [0, 0.05) is 0 Å². The minimum absolute atomic E-state index is 0.0143. The van der Waals surface area contributed by atoms with Crippen LogP contribution in [-0.2, 0) is 19.6 Å². The fourth-order valence-corrected chi connectivity index (χ4v) is 2.71. The molecule has 3 N–H and O–H groups in total. The molecule has 0 bridgehead atoms. The summed E-state index contributed by atoms with van der Waals surface area (Å²) in [7, 11) is 0. The molecule has 0 unspecified atom stereocenters. The lowest BCUT2D eigenvalue weighted by Crippen LogP contribution is -2.09. The maximum Gasteiger partial charge on any atom is 0.339 e. The van der Waals surface area contributed by atoms with Crippen molar-refractivity contribution in [1.82, 2.24) is 0 Å². The predicted molar refractivity (Wildman–Crippen MR) is 94.6 cm³/mol. The van der Waals surface area contributed by atoms with Crippen LogP contribution in [0.3, 0.4) is 0 Å². The number of hydrogen-bond acceptors (Lipinski definition) is 5. The summed E-state index contributed by atoms with van der Waals surface area (Å²) in [5.41, 5.74) is 1.79. The molecule has 0 amide bonds. The van der Waals surface area contributed by atoms with E-state index in [1.807, 2.05) is 0 Å². The molecular weight excluding hydrogens is 344 g/mol. The summed E-state index contributed by atoms with van der Waals surface area (Å²) in [5.74, 6) is -1.45. The topological polar surface area (TPSA) is 104 Å². The Morgan fingerprint density at radius 3 is 2.36 bits per heavy atom. The summed E-state index contributed by atoms with van der Waals surface area (Å²) in [6, 6.07) is 9.32. The highest BCUT2D eigenvalue weighted by molar-refractivity contribution is 7.80. The van der Waals surface area contributed by atoms with Crippen molar-refractivity contribution in [1.29, 1.82) is 0 Å². The van der Waals surface area contributed by atoms with Crippen LogP contribution >= 0.6 is 12.6 Å². The van der Waals surface area contributed by atoms with Crippen molar-refractivity contribution < 1.29 is 29.6 Å². The first-order valence-electron chi connectivity index (χ1n) is 7.52. The maximum absolute atomic E-state index is 11.6. The Hall–Kier alpha value is -2.51. The molecule has 0 fully saturated rings. The largest absolute Gasteiger partial charge is 0.488 e. The molecule has 0 radical (unpaired) electrons. The van der Waals surface area contributed by atoms with E-state index in [0.717, 1.165) is 0 Å². The van der Waals surface area contributed by atoms with Crippen LogP contribution in [0.1, 0.15) is 37.4 Å². The minimum Gasteiger partial charge on any atom is -0.488 e. The Kier molecular flexibility index (Phi) is 6.44. The zero-order valence-corrected chi connectivity index (χ0v) is 14.2. The van der Waals surface area contributed by atoms with Crippen LogP contribution in [0.2, 0.25) is 0 Å². The Morgan fingerprint density at radius 2 is 1.76 bits per heavy atom. The fourth-order valence-electron chi connectivity index (χ4n) is 2.47. The van der Waals surface area contributed by atoms with Gasteiger partial charge in [-0.2, -0.15) is 12.6 Å². The van der Waals surface area contributed by atoms with Crippen molar-refractivity contribution in [2.24, 2.45) is 0 Å². The van der Waals surface area contributed by atoms with Gasteiger partial charge in [0.05, 0.1) is 12.2 Å². The maximum atomic E-state index is 11.6. The van der Waals surface area contributed by atoms with E-state index in [2.05, 4.69) is 12.6 Å². The van der Waals surface area contributed by atoms with Crippen LogP contribution in [0.25, 0.3) is 0 Å². The SMILES string of the molecule is O=C(O)c1ccc(COc2cccc(CCS)c2C(=O)O)c(CO)c1. The number of benzene rings is 2. The number of ether oxygens (including phenoxy) is 1. The third kappa shape index (κ3) is 4.52. The minimum atomic E-state index is -1.09. The molecule has 6 nitrogen and oxygen atoms in total. The first-order valence-corrected chi connectivity index (χ1v) is 8.16. The highest BCUT2D eigenvalue weighted by Crippen LogP contribution is 2.25. The zero-order chi connectivity index (χ0) is 18.4. The van der Waals surface area contributed by atoms with Crippen molar-refractivity contribution in [3.8, 4) is 5.75 Å². The Labute approximate surface area is 150 Å². The van der Waals surface area contributed by atoms with Gasteiger partial charge in [-0.3, -0.25) is 0 Å². The van der Waals surface area contributed by atoms with Gasteiger partial charge in [0.15, 0.2) is 0 Å². The van der Waals surface area contributed by atoms with Crippen LogP contribution in [0.5, 0.6) is 5.75 Å². The average Bonchev–Trinajstić information content (AvgIpc) is 2.59. The number of thiol groups is 1. The second kappa shape index (κ2) is 8.55. The molecule has 2 rings (SSSR count). The smallest absolute Gasteiger partial charge is 0.339 e. The molecule has 0 aliphatic rings. The van der Waals surface area contributed by atoms with Gasteiger partial charge in [0.2, 0.25) is 0 Å². The molecule has 2 aromatic rings. The number of carbonyl (C=O) groups is 2. The van der Waals surface area contributed by atoms with Gasteiger partial charge in [0.1, 0.15) is 17.9 Å². The van der Waals surface area contributed by atoms with Gasteiger partial charge in [-0.05, 0) is 47.1 Å². The van der Waals surface area contributed by atoms with Gasteiger partial charge < -0.3 is 20.1 Å². The number of aliphatic hydroxyl groups is 1. The van der Waals surface area contributed by atoms with E-state index < -0.39 is 11.9 Å². The van der Waals surface area contributed by atoms with Crippen molar-refractivity contribution in [3.63, 3.8) is 0 Å². The van der Waals surface area contributed by atoms with E-state index in [0.29, 0.717) is 28.9 Å². The zero-order valence-electron chi connectivity index (χ0n) is 13.3. The average molecular weight is 362 g/mol. The van der Waals surface area contributed by atoms with Crippen LogP contribution in [0.15, 0.2) is 36.4 Å². The summed E-state index contributed by atoms with van der Waals surface area (Å²) < 4.78 is 5.65. The molecule has 25 heavy (non-hydrogen) atoms. The van der Waals surface area contributed by atoms with Gasteiger partial charge in [-0.15, -0.1) is 0 Å². The number of rotatable bonds is 8. The van der Waals surface area contributed by atoms with E-state index in [1.54, 1.807) is 24.3 Å². The molecular formula is C18H18O6S. The van der Waals surface area contributed by atoms with E-state index in [4.69, 9.17) is 9.84 Å². The highest BCUT2D eigenvalue weighted by atomic mass is 32.1. The molecule has 0 aliphatic heterocycles. The predicted octanol–water partition coefficient (Wildman–Crippen LogP) is 2.63. The first-order chi connectivity index (χ1) is 12.0. The third-order valence-corrected chi connectivity index (χ3v) is 3.94. The highest BCUT2D eigenvalue weighted by Gasteiger charge is 2.17. The first kappa shape index (κ1) is 18.8. The normalized spacial score (nSPS) is 10.5. The molecule has 2 aromatic carbocycles. The number of carboxylic acid groups (broad SMARTS) is 2. The van der Waals surface area contributed by atoms with Crippen LogP contribution in [0, 0.1) is 0 Å². The molecule has 0 saturated carbocycles. The van der Waals surface area contributed by atoms with E-state index in [9.17, 15) is 19.8 Å². The molecule has 0 saturated heterocycles. The van der Waals surface area contributed by atoms with Crippen LogP contribution in [-0.4, -0.2) is 33.0 Å². The van der Waals surface area contributed by atoms with Gasteiger partial charge >= 0.3 is 11.9 Å². The van der Waals surface area contributed by atoms with Crippen molar-refractivity contribution in [3.05, 3.63) is 64.2 Å². The Morgan fingerprint density at radius 1 is 1.00 bits per heavy atom. The number of hydrogen-bond donors (Lipinski definition) is 4. The quantitative estimate of drug-likeness (QED) is 0.538. The number of aromatic carboxylic acids is 2. The third-order valence-electron chi connectivity index (χ3n) is 3.71. The Balaban J connectivity index is 2.28. The molecule has 7 heteroatoms. The van der Waals surface area contributed by atoms with Crippen molar-refractivity contribution in [2.75, 3.05) is 5.75 Å². The number of aryl methyl sites for hydroxylation is 1. The lowest BCUT2D eigenvalue weighted by Gasteiger charge is -2.14. The summed E-state index contributed by atoms with van der Waals surface area (Å²) in [6.07, 6.45) is 0.497. The summed E-state index contributed by atoms with van der Waals surface area (Å²) >= 11 is 4.13. The second-order valence-electron chi connectivity index (χ2n) is 5.30. The fraction of sp³-hybridized carbons (Fsp3) is 0.222. The number of aliphatic hydroxyl groups excluding tert-OH is 1. The van der Waals surface area contributed by atoms with E-state index in [1.165, 1.54) is 12.1 Å². The van der Waals surface area contributed by atoms with Gasteiger partial charge in [0.25, 0.3) is 0 Å². The van der Waals surface area contributed by atoms with E-state index in [-0.39, 0.29) is 30.1 Å². The molecule has 0 spiro atoms. The Bertz CT molecular complexity index is 787. The lowest BCUT2D eigenvalue weighted by atomic mass is 10.0. The van der Waals surface area contributed by atoms with Crippen molar-refractivity contribution in [2.45, 2.75) is 19.6 Å². The van der Waals surface area contributed by atoms with Crippen molar-refractivity contribution >= 4 is 24.6 Å². The number of carboxylic acids is 2. The molecule has 0 aromatic heterocycles. The summed E-state index contributed by atoms with van der Waals surface area (Å²) in [5, 5.41) is 27.9. The van der Waals surface area contributed by atoms with Crippen LogP contribution < -0.4 is 4.74 Å². The lowest BCUT2D eigenvalue weighted by molar-refractivity contribution is 0.0681. The molecule has 0 heterocycles. The second-order valence-corrected chi connectivity index (χ2v) is 5.75. The van der Waals surface area contributed by atoms with E-state index >= 15 is 0 Å². The monoisotopic (exact) mass is 362 g/mol. The standard InChI is InChI=1S/C18H18O6S/c19-9-14-8-12(17(20)21)4-5-13(14)10-24-15-3-1-2-11(6-7-25)16(15)18(22)23/h1-5,8,19,25H,6-7,9-10H2,(H,20,21)(H,22,23). The van der Waals surface area contributed by atoms with Gasteiger partial charge in [-0.1, -0.05) is 18.2 Å². The molecule has 0 aliphatic carbocycles. The molecule has 132 valence electrons. The van der Waals surface area contributed by atoms with Crippen LogP contribution in [0.4, 0.5) is 0 Å².